The largest absolute Gasteiger partial charge is 0.444 e. The van der Waals surface area contributed by atoms with Crippen molar-refractivity contribution in [1.82, 2.24) is 15.3 Å². The van der Waals surface area contributed by atoms with Gasteiger partial charge >= 0.3 is 6.09 Å². The fourth-order valence-corrected chi connectivity index (χ4v) is 1.98. The van der Waals surface area contributed by atoms with Crippen LogP contribution >= 0.6 is 11.6 Å². The van der Waals surface area contributed by atoms with Crippen LogP contribution in [-0.2, 0) is 4.74 Å². The molecule has 0 saturated carbocycles. The maximum absolute atomic E-state index is 11.9. The number of ether oxygens (including phenoxy) is 1. The Kier molecular flexibility index (Phi) is 5.74. The van der Waals surface area contributed by atoms with Crippen molar-refractivity contribution in [3.05, 3.63) is 17.0 Å². The second-order valence-corrected chi connectivity index (χ2v) is 6.09. The zero-order valence-electron chi connectivity index (χ0n) is 13.0. The molecule has 0 spiro atoms. The van der Waals surface area contributed by atoms with Gasteiger partial charge in [-0.15, -0.1) is 0 Å². The number of rotatable bonds is 4. The van der Waals surface area contributed by atoms with Gasteiger partial charge in [0.15, 0.2) is 0 Å². The van der Waals surface area contributed by atoms with E-state index in [0.29, 0.717) is 11.4 Å². The first-order valence-corrected chi connectivity index (χ1v) is 6.90. The Morgan fingerprint density at radius 3 is 2.57 bits per heavy atom. The molecule has 1 amide bonds. The molecule has 1 heterocycles. The van der Waals surface area contributed by atoms with Gasteiger partial charge in [-0.25, -0.2) is 14.8 Å². The summed E-state index contributed by atoms with van der Waals surface area (Å²) in [5.41, 5.74) is 5.73. The summed E-state index contributed by atoms with van der Waals surface area (Å²) in [5.74, 6) is 0.599. The summed E-state index contributed by atoms with van der Waals surface area (Å²) in [6.07, 6.45) is 0.796. The van der Waals surface area contributed by atoms with E-state index in [4.69, 9.17) is 22.1 Å². The molecule has 0 aliphatic carbocycles. The van der Waals surface area contributed by atoms with Crippen molar-refractivity contribution in [3.63, 3.8) is 0 Å². The Bertz CT molecular complexity index is 502. The van der Waals surface area contributed by atoms with Crippen molar-refractivity contribution < 1.29 is 9.53 Å². The van der Waals surface area contributed by atoms with E-state index >= 15 is 0 Å². The predicted molar refractivity (Wildman–Crippen MR) is 82.5 cm³/mol. The number of nitrogens with one attached hydrogen (secondary N) is 1. The minimum absolute atomic E-state index is 0.146. The normalized spacial score (nSPS) is 12.7. The van der Waals surface area contributed by atoms with Crippen molar-refractivity contribution >= 4 is 23.5 Å². The lowest BCUT2D eigenvalue weighted by Crippen LogP contribution is -2.38. The molecule has 1 rings (SSSR count). The van der Waals surface area contributed by atoms with Gasteiger partial charge in [-0.05, 0) is 20.8 Å². The van der Waals surface area contributed by atoms with Crippen LogP contribution in [0.25, 0.3) is 0 Å². The van der Waals surface area contributed by atoms with Gasteiger partial charge in [0.1, 0.15) is 22.9 Å². The van der Waals surface area contributed by atoms with E-state index in [0.717, 1.165) is 0 Å². The van der Waals surface area contributed by atoms with Gasteiger partial charge in [0.25, 0.3) is 0 Å². The highest BCUT2D eigenvalue weighted by atomic mass is 35.5. The van der Waals surface area contributed by atoms with Crippen molar-refractivity contribution in [1.29, 1.82) is 0 Å². The van der Waals surface area contributed by atoms with Crippen molar-refractivity contribution in [2.75, 3.05) is 25.5 Å². The summed E-state index contributed by atoms with van der Waals surface area (Å²) in [6, 6.07) is -0.536. The van der Waals surface area contributed by atoms with Crippen LogP contribution in [0.15, 0.2) is 6.33 Å². The molecule has 0 saturated heterocycles. The van der Waals surface area contributed by atoms with E-state index in [1.165, 1.54) is 6.33 Å². The van der Waals surface area contributed by atoms with Crippen LogP contribution in [0.2, 0.25) is 5.15 Å². The summed E-state index contributed by atoms with van der Waals surface area (Å²) >= 11 is 6.14. The molecular weight excluding hydrogens is 294 g/mol. The molecule has 3 N–H and O–H groups in total. The topological polar surface area (TPSA) is 93.4 Å². The SMILES string of the molecule is CN(C)c1ncnc(Cl)c1C(CN)NC(=O)OC(C)(C)C. The Hall–Kier alpha value is -1.60. The van der Waals surface area contributed by atoms with Crippen LogP contribution in [-0.4, -0.2) is 42.3 Å². The monoisotopic (exact) mass is 315 g/mol. The Morgan fingerprint density at radius 2 is 2.10 bits per heavy atom. The quantitative estimate of drug-likeness (QED) is 0.822. The zero-order valence-corrected chi connectivity index (χ0v) is 13.7. The summed E-state index contributed by atoms with van der Waals surface area (Å²) in [6.45, 7) is 5.50. The number of aromatic nitrogens is 2. The maximum Gasteiger partial charge on any atom is 0.408 e. The lowest BCUT2D eigenvalue weighted by atomic mass is 10.1. The molecule has 0 aliphatic heterocycles. The fraction of sp³-hybridized carbons (Fsp3) is 0.615. The average Bonchev–Trinajstić information content (AvgIpc) is 2.33. The van der Waals surface area contributed by atoms with Crippen LogP contribution in [0.4, 0.5) is 10.6 Å². The minimum Gasteiger partial charge on any atom is -0.444 e. The molecule has 0 radical (unpaired) electrons. The molecular formula is C13H22ClN5O2. The third-order valence-electron chi connectivity index (χ3n) is 2.51. The number of halogens is 1. The van der Waals surface area contributed by atoms with Gasteiger partial charge in [0.2, 0.25) is 0 Å². The van der Waals surface area contributed by atoms with E-state index in [2.05, 4.69) is 15.3 Å². The van der Waals surface area contributed by atoms with E-state index in [9.17, 15) is 4.79 Å². The second-order valence-electron chi connectivity index (χ2n) is 5.73. The number of hydrogen-bond acceptors (Lipinski definition) is 6. The summed E-state index contributed by atoms with van der Waals surface area (Å²) in [7, 11) is 3.65. The molecule has 1 aromatic rings. The van der Waals surface area contributed by atoms with Crippen molar-refractivity contribution in [2.24, 2.45) is 5.73 Å². The fourth-order valence-electron chi connectivity index (χ4n) is 1.72. The number of carbonyl (C=O) groups excluding carboxylic acids is 1. The van der Waals surface area contributed by atoms with Gasteiger partial charge in [-0.2, -0.15) is 0 Å². The number of nitrogens with zero attached hydrogens (tertiary/aromatic N) is 3. The molecule has 1 unspecified atom stereocenters. The van der Waals surface area contributed by atoms with Crippen molar-refractivity contribution in [3.8, 4) is 0 Å². The van der Waals surface area contributed by atoms with Gasteiger partial charge in [-0.1, -0.05) is 11.6 Å². The molecule has 0 aromatic carbocycles. The average molecular weight is 316 g/mol. The number of carbonyl (C=O) groups is 1. The van der Waals surface area contributed by atoms with Crippen LogP contribution in [0, 0.1) is 0 Å². The zero-order chi connectivity index (χ0) is 16.2. The lowest BCUT2D eigenvalue weighted by Gasteiger charge is -2.25. The predicted octanol–water partition coefficient (Wildman–Crippen LogP) is 1.72. The molecule has 0 fully saturated rings. The minimum atomic E-state index is -0.593. The Labute approximate surface area is 129 Å². The number of alkyl carbamates (subject to hydrolysis) is 1. The van der Waals surface area contributed by atoms with Gasteiger partial charge < -0.3 is 20.7 Å². The van der Waals surface area contributed by atoms with E-state index in [1.54, 1.807) is 25.7 Å². The second kappa shape index (κ2) is 6.91. The van der Waals surface area contributed by atoms with Crippen LogP contribution in [0.3, 0.4) is 0 Å². The first kappa shape index (κ1) is 17.5. The van der Waals surface area contributed by atoms with Crippen molar-refractivity contribution in [2.45, 2.75) is 32.4 Å². The number of nitrogens with two attached hydrogens (primary N) is 1. The third-order valence-corrected chi connectivity index (χ3v) is 2.81. The molecule has 118 valence electrons. The van der Waals surface area contributed by atoms with Crippen LogP contribution in [0.5, 0.6) is 0 Å². The first-order chi connectivity index (χ1) is 9.65. The first-order valence-electron chi connectivity index (χ1n) is 6.53. The number of anilines is 1. The Balaban J connectivity index is 3.03. The molecule has 0 aliphatic rings. The highest BCUT2D eigenvalue weighted by molar-refractivity contribution is 6.30. The van der Waals surface area contributed by atoms with E-state index in [-0.39, 0.29) is 11.7 Å². The summed E-state index contributed by atoms with van der Waals surface area (Å²) in [5, 5.41) is 2.95. The highest BCUT2D eigenvalue weighted by Gasteiger charge is 2.25. The van der Waals surface area contributed by atoms with Crippen LogP contribution in [0.1, 0.15) is 32.4 Å². The number of hydrogen-bond donors (Lipinski definition) is 2. The molecule has 21 heavy (non-hydrogen) atoms. The smallest absolute Gasteiger partial charge is 0.408 e. The summed E-state index contributed by atoms with van der Waals surface area (Å²) < 4.78 is 5.23. The van der Waals surface area contributed by atoms with Crippen LogP contribution < -0.4 is 16.0 Å². The van der Waals surface area contributed by atoms with Gasteiger partial charge in [0, 0.05) is 20.6 Å². The van der Waals surface area contributed by atoms with E-state index < -0.39 is 17.7 Å². The van der Waals surface area contributed by atoms with Gasteiger partial charge in [-0.3, -0.25) is 0 Å². The molecule has 1 atom stereocenters. The Morgan fingerprint density at radius 1 is 1.48 bits per heavy atom. The summed E-state index contributed by atoms with van der Waals surface area (Å²) in [4.78, 5) is 21.8. The molecule has 7 nitrogen and oxygen atoms in total. The third kappa shape index (κ3) is 5.02. The lowest BCUT2D eigenvalue weighted by molar-refractivity contribution is 0.0505. The molecule has 1 aromatic heterocycles. The van der Waals surface area contributed by atoms with E-state index in [1.807, 2.05) is 14.1 Å². The standard InChI is InChI=1S/C13H22ClN5O2/c1-13(2,3)21-12(20)18-8(6-15)9-10(14)16-7-17-11(9)19(4)5/h7-8H,6,15H2,1-5H3,(H,18,20). The number of amides is 1. The van der Waals surface area contributed by atoms with Gasteiger partial charge in [0.05, 0.1) is 11.6 Å². The highest BCUT2D eigenvalue weighted by Crippen LogP contribution is 2.28. The molecule has 0 bridgehead atoms. The molecule has 8 heteroatoms. The maximum atomic E-state index is 11.9.